The van der Waals surface area contributed by atoms with Crippen LogP contribution in [0.15, 0.2) is 36.8 Å². The van der Waals surface area contributed by atoms with E-state index in [1.165, 1.54) is 11.9 Å². The molecule has 2 aromatic heterocycles. The first-order chi connectivity index (χ1) is 11.3. The summed E-state index contributed by atoms with van der Waals surface area (Å²) >= 11 is 0. The van der Waals surface area contributed by atoms with Gasteiger partial charge in [-0.05, 0) is 31.0 Å². The van der Waals surface area contributed by atoms with Gasteiger partial charge in [0.1, 0.15) is 17.4 Å². The van der Waals surface area contributed by atoms with Gasteiger partial charge >= 0.3 is 6.01 Å². The van der Waals surface area contributed by atoms with Crippen LogP contribution in [0.2, 0.25) is 0 Å². The van der Waals surface area contributed by atoms with Gasteiger partial charge in [-0.25, -0.2) is 15.0 Å². The fourth-order valence-electron chi connectivity index (χ4n) is 2.17. The van der Waals surface area contributed by atoms with E-state index in [1.54, 1.807) is 6.20 Å². The maximum Gasteiger partial charge on any atom is 0.317 e. The topological polar surface area (TPSA) is 72.8 Å². The predicted molar refractivity (Wildman–Crippen MR) is 90.0 cm³/mol. The van der Waals surface area contributed by atoms with Crippen molar-refractivity contribution in [3.8, 4) is 6.01 Å². The largest absolute Gasteiger partial charge is 0.463 e. The lowest BCUT2D eigenvalue weighted by atomic mass is 10.2. The number of nitrogens with one attached hydrogen (secondary N) is 1. The molecule has 0 aliphatic carbocycles. The van der Waals surface area contributed by atoms with E-state index in [0.717, 1.165) is 18.5 Å². The zero-order chi connectivity index (χ0) is 16.1. The van der Waals surface area contributed by atoms with Crippen molar-refractivity contribution in [1.82, 2.24) is 19.9 Å². The van der Waals surface area contributed by atoms with E-state index >= 15 is 0 Å². The standard InChI is InChI=1S/C17H19N5O/c1-3-4-8-23-17-18-10-14-15(22-17)16(20-11-19-14)21-13-7-5-6-12(2)9-13/h5-7,9-11H,3-4,8H2,1-2H3,(H,19,20,21). The molecular formula is C17H19N5O. The lowest BCUT2D eigenvalue weighted by molar-refractivity contribution is 0.286. The smallest absolute Gasteiger partial charge is 0.317 e. The molecule has 6 nitrogen and oxygen atoms in total. The summed E-state index contributed by atoms with van der Waals surface area (Å²) in [5, 5.41) is 3.29. The van der Waals surface area contributed by atoms with Crippen LogP contribution in [0.25, 0.3) is 11.0 Å². The first-order valence-electron chi connectivity index (χ1n) is 7.70. The van der Waals surface area contributed by atoms with Crippen molar-refractivity contribution in [3.05, 3.63) is 42.4 Å². The van der Waals surface area contributed by atoms with Gasteiger partial charge < -0.3 is 10.1 Å². The lowest BCUT2D eigenvalue weighted by Gasteiger charge is -2.09. The zero-order valence-corrected chi connectivity index (χ0v) is 13.3. The Morgan fingerprint density at radius 1 is 1.17 bits per heavy atom. The first-order valence-corrected chi connectivity index (χ1v) is 7.70. The summed E-state index contributed by atoms with van der Waals surface area (Å²) in [5.74, 6) is 0.642. The molecule has 0 unspecified atom stereocenters. The molecule has 0 fully saturated rings. The van der Waals surface area contributed by atoms with E-state index in [2.05, 4.69) is 32.2 Å². The van der Waals surface area contributed by atoms with Gasteiger partial charge in [0.05, 0.1) is 12.8 Å². The van der Waals surface area contributed by atoms with E-state index in [0.29, 0.717) is 29.5 Å². The minimum atomic E-state index is 0.355. The summed E-state index contributed by atoms with van der Waals surface area (Å²) in [6.07, 6.45) is 5.20. The normalized spacial score (nSPS) is 10.7. The number of hydrogen-bond donors (Lipinski definition) is 1. The maximum atomic E-state index is 5.57. The number of anilines is 2. The van der Waals surface area contributed by atoms with Gasteiger partial charge in [-0.2, -0.15) is 4.98 Å². The highest BCUT2D eigenvalue weighted by atomic mass is 16.5. The van der Waals surface area contributed by atoms with Gasteiger partial charge in [0, 0.05) is 5.69 Å². The van der Waals surface area contributed by atoms with E-state index in [-0.39, 0.29) is 0 Å². The molecular weight excluding hydrogens is 290 g/mol. The number of aromatic nitrogens is 4. The molecule has 23 heavy (non-hydrogen) atoms. The molecule has 1 aromatic carbocycles. The maximum absolute atomic E-state index is 5.57. The second-order valence-corrected chi connectivity index (χ2v) is 5.31. The van der Waals surface area contributed by atoms with Crippen LogP contribution in [-0.2, 0) is 0 Å². The number of aryl methyl sites for hydroxylation is 1. The molecule has 0 spiro atoms. The highest BCUT2D eigenvalue weighted by molar-refractivity contribution is 5.86. The zero-order valence-electron chi connectivity index (χ0n) is 13.3. The van der Waals surface area contributed by atoms with Crippen molar-refractivity contribution in [2.24, 2.45) is 0 Å². The predicted octanol–water partition coefficient (Wildman–Crippen LogP) is 3.65. The molecule has 0 aliphatic heterocycles. The van der Waals surface area contributed by atoms with Crippen molar-refractivity contribution in [3.63, 3.8) is 0 Å². The molecule has 118 valence electrons. The quantitative estimate of drug-likeness (QED) is 0.701. The Morgan fingerprint density at radius 2 is 2.09 bits per heavy atom. The fourth-order valence-corrected chi connectivity index (χ4v) is 2.17. The Kier molecular flexibility index (Phi) is 4.61. The summed E-state index contributed by atoms with van der Waals surface area (Å²) < 4.78 is 5.57. The Bertz CT molecular complexity index is 806. The van der Waals surface area contributed by atoms with Gasteiger partial charge in [0.2, 0.25) is 0 Å². The molecule has 1 N–H and O–H groups in total. The molecule has 0 saturated heterocycles. The van der Waals surface area contributed by atoms with Gasteiger partial charge in [0.25, 0.3) is 0 Å². The van der Waals surface area contributed by atoms with Crippen LogP contribution >= 0.6 is 0 Å². The summed E-state index contributed by atoms with van der Waals surface area (Å²) in [7, 11) is 0. The molecule has 2 heterocycles. The summed E-state index contributed by atoms with van der Waals surface area (Å²) in [4.78, 5) is 17.1. The second kappa shape index (κ2) is 7.00. The molecule has 3 aromatic rings. The molecule has 0 radical (unpaired) electrons. The Balaban J connectivity index is 1.91. The molecule has 0 amide bonds. The van der Waals surface area contributed by atoms with Crippen LogP contribution in [0.5, 0.6) is 6.01 Å². The third-order valence-electron chi connectivity index (χ3n) is 3.37. The van der Waals surface area contributed by atoms with Gasteiger partial charge in [-0.1, -0.05) is 25.5 Å². The highest BCUT2D eigenvalue weighted by Gasteiger charge is 2.09. The number of unbranched alkanes of at least 4 members (excludes halogenated alkanes) is 1. The van der Waals surface area contributed by atoms with Crippen LogP contribution in [0.3, 0.4) is 0 Å². The summed E-state index contributed by atoms with van der Waals surface area (Å²) in [6, 6.07) is 8.43. The number of benzene rings is 1. The van der Waals surface area contributed by atoms with Crippen LogP contribution in [0.1, 0.15) is 25.3 Å². The van der Waals surface area contributed by atoms with Crippen molar-refractivity contribution < 1.29 is 4.74 Å². The number of hydrogen-bond acceptors (Lipinski definition) is 6. The van der Waals surface area contributed by atoms with Crippen LogP contribution < -0.4 is 10.1 Å². The average molecular weight is 309 g/mol. The first kappa shape index (κ1) is 15.1. The Labute approximate surface area is 135 Å². The fraction of sp³-hybridized carbons (Fsp3) is 0.294. The molecule has 0 atom stereocenters. The van der Waals surface area contributed by atoms with Crippen molar-refractivity contribution in [2.75, 3.05) is 11.9 Å². The number of nitrogens with zero attached hydrogens (tertiary/aromatic N) is 4. The van der Waals surface area contributed by atoms with Crippen molar-refractivity contribution in [1.29, 1.82) is 0 Å². The minimum absolute atomic E-state index is 0.355. The van der Waals surface area contributed by atoms with Crippen molar-refractivity contribution >= 4 is 22.5 Å². The second-order valence-electron chi connectivity index (χ2n) is 5.31. The molecule has 3 rings (SSSR count). The molecule has 0 bridgehead atoms. The monoisotopic (exact) mass is 309 g/mol. The van der Waals surface area contributed by atoms with Crippen LogP contribution in [0.4, 0.5) is 11.5 Å². The van der Waals surface area contributed by atoms with E-state index in [4.69, 9.17) is 4.74 Å². The van der Waals surface area contributed by atoms with Crippen molar-refractivity contribution in [2.45, 2.75) is 26.7 Å². The average Bonchev–Trinajstić information content (AvgIpc) is 2.56. The SMILES string of the molecule is CCCCOc1ncc2ncnc(Nc3cccc(C)c3)c2n1. The molecule has 0 aliphatic rings. The third-order valence-corrected chi connectivity index (χ3v) is 3.37. The van der Waals surface area contributed by atoms with Crippen LogP contribution in [0, 0.1) is 6.92 Å². The lowest BCUT2D eigenvalue weighted by Crippen LogP contribution is -2.03. The number of rotatable bonds is 6. The Hall–Kier alpha value is -2.76. The third kappa shape index (κ3) is 3.71. The van der Waals surface area contributed by atoms with Gasteiger partial charge in [-0.15, -0.1) is 0 Å². The van der Waals surface area contributed by atoms with E-state index in [9.17, 15) is 0 Å². The van der Waals surface area contributed by atoms with Gasteiger partial charge in [0.15, 0.2) is 5.82 Å². The Morgan fingerprint density at radius 3 is 2.91 bits per heavy atom. The summed E-state index contributed by atoms with van der Waals surface area (Å²) in [6.45, 7) is 4.77. The number of fused-ring (bicyclic) bond motifs is 1. The molecule has 0 saturated carbocycles. The number of ether oxygens (including phenoxy) is 1. The van der Waals surface area contributed by atoms with E-state index in [1.807, 2.05) is 31.2 Å². The highest BCUT2D eigenvalue weighted by Crippen LogP contribution is 2.22. The molecule has 6 heteroatoms. The van der Waals surface area contributed by atoms with Crippen LogP contribution in [-0.4, -0.2) is 26.5 Å². The van der Waals surface area contributed by atoms with Gasteiger partial charge in [-0.3, -0.25) is 0 Å². The van der Waals surface area contributed by atoms with E-state index < -0.39 is 0 Å². The minimum Gasteiger partial charge on any atom is -0.463 e. The summed E-state index contributed by atoms with van der Waals surface area (Å²) in [5.41, 5.74) is 3.46.